The summed E-state index contributed by atoms with van der Waals surface area (Å²) in [5.74, 6) is 0.579. The third-order valence-electron chi connectivity index (χ3n) is 5.55. The number of amides is 1. The number of aromatic nitrogens is 2. The zero-order valence-corrected chi connectivity index (χ0v) is 15.2. The van der Waals surface area contributed by atoms with Crippen molar-refractivity contribution in [3.8, 4) is 5.75 Å². The van der Waals surface area contributed by atoms with E-state index in [2.05, 4.69) is 5.10 Å². The van der Waals surface area contributed by atoms with Gasteiger partial charge in [-0.1, -0.05) is 0 Å². The summed E-state index contributed by atoms with van der Waals surface area (Å²) in [4.78, 5) is 26.8. The van der Waals surface area contributed by atoms with Crippen molar-refractivity contribution in [3.63, 3.8) is 0 Å². The number of ether oxygens (including phenoxy) is 1. The van der Waals surface area contributed by atoms with Crippen molar-refractivity contribution in [2.75, 3.05) is 6.61 Å². The van der Waals surface area contributed by atoms with Gasteiger partial charge >= 0.3 is 0 Å². The van der Waals surface area contributed by atoms with Crippen molar-refractivity contribution in [1.29, 1.82) is 0 Å². The smallest absolute Gasteiger partial charge is 0.267 e. The van der Waals surface area contributed by atoms with Gasteiger partial charge in [0.05, 0.1) is 11.7 Å². The highest BCUT2D eigenvalue weighted by molar-refractivity contribution is 5.77. The summed E-state index contributed by atoms with van der Waals surface area (Å²) in [5, 5.41) is 4.16. The number of benzene rings is 1. The first-order valence-corrected chi connectivity index (χ1v) is 9.25. The van der Waals surface area contributed by atoms with E-state index in [0.29, 0.717) is 24.0 Å². The molecule has 27 heavy (non-hydrogen) atoms. The van der Waals surface area contributed by atoms with Crippen LogP contribution in [0.3, 0.4) is 0 Å². The number of fused-ring (bicyclic) bond motifs is 2. The molecule has 1 saturated heterocycles. The number of carbonyl (C=O) groups excluding carboxylic acids is 1. The number of hydrogen-bond acceptors (Lipinski definition) is 4. The Morgan fingerprint density at radius 3 is 2.78 bits per heavy atom. The van der Waals surface area contributed by atoms with Crippen LogP contribution in [-0.4, -0.2) is 39.3 Å². The second-order valence-electron chi connectivity index (χ2n) is 7.33. The average molecular weight is 371 g/mol. The molecule has 0 unspecified atom stereocenters. The first-order valence-electron chi connectivity index (χ1n) is 9.25. The van der Waals surface area contributed by atoms with Crippen LogP contribution in [0.1, 0.15) is 25.0 Å². The number of rotatable bonds is 5. The summed E-state index contributed by atoms with van der Waals surface area (Å²) in [6.45, 7) is 2.10. The highest BCUT2D eigenvalue weighted by Crippen LogP contribution is 2.42. The van der Waals surface area contributed by atoms with Gasteiger partial charge < -0.3 is 9.64 Å². The van der Waals surface area contributed by atoms with Crippen molar-refractivity contribution in [2.24, 2.45) is 5.92 Å². The molecule has 142 valence electrons. The molecule has 3 atom stereocenters. The minimum absolute atomic E-state index is 0.0261. The predicted octanol–water partition coefficient (Wildman–Crippen LogP) is 2.15. The Hall–Kier alpha value is -2.70. The van der Waals surface area contributed by atoms with Crippen LogP contribution >= 0.6 is 0 Å². The molecule has 4 rings (SSSR count). The highest BCUT2D eigenvalue weighted by Gasteiger charge is 2.48. The van der Waals surface area contributed by atoms with E-state index in [1.165, 1.54) is 22.9 Å². The van der Waals surface area contributed by atoms with Crippen LogP contribution in [0.2, 0.25) is 0 Å². The lowest BCUT2D eigenvalue weighted by atomic mass is 9.99. The van der Waals surface area contributed by atoms with Gasteiger partial charge in [0.15, 0.2) is 0 Å². The van der Waals surface area contributed by atoms with Gasteiger partial charge in [0.1, 0.15) is 24.7 Å². The minimum Gasteiger partial charge on any atom is -0.491 e. The number of piperidine rings is 1. The van der Waals surface area contributed by atoms with Crippen LogP contribution in [0.25, 0.3) is 0 Å². The third kappa shape index (κ3) is 3.59. The molecule has 7 heteroatoms. The summed E-state index contributed by atoms with van der Waals surface area (Å²) in [6.07, 6.45) is 3.04. The lowest BCUT2D eigenvalue weighted by Gasteiger charge is -2.35. The topological polar surface area (TPSA) is 64.4 Å². The molecule has 2 heterocycles. The molecule has 1 aromatic heterocycles. The molecule has 1 saturated carbocycles. The normalized spacial score (nSPS) is 23.6. The van der Waals surface area contributed by atoms with Gasteiger partial charge in [0, 0.05) is 12.1 Å². The van der Waals surface area contributed by atoms with Gasteiger partial charge in [0.25, 0.3) is 5.56 Å². The molecule has 6 nitrogen and oxygen atoms in total. The Kier molecular flexibility index (Phi) is 4.68. The Labute approximate surface area is 156 Å². The van der Waals surface area contributed by atoms with Crippen LogP contribution in [-0.2, 0) is 11.3 Å². The number of carbonyl (C=O) groups is 1. The molecule has 1 aliphatic carbocycles. The number of nitrogens with zero attached hydrogens (tertiary/aromatic N) is 3. The van der Waals surface area contributed by atoms with Crippen molar-refractivity contribution >= 4 is 5.91 Å². The molecular weight excluding hydrogens is 349 g/mol. The first-order chi connectivity index (χ1) is 13.0. The fraction of sp³-hybridized carbons (Fsp3) is 0.450. The molecule has 1 aromatic carbocycles. The molecule has 2 bridgehead atoms. The van der Waals surface area contributed by atoms with E-state index in [4.69, 9.17) is 4.74 Å². The molecule has 1 aliphatic heterocycles. The summed E-state index contributed by atoms with van der Waals surface area (Å²) in [7, 11) is 0. The van der Waals surface area contributed by atoms with E-state index in [0.717, 1.165) is 19.3 Å². The van der Waals surface area contributed by atoms with Gasteiger partial charge in [-0.3, -0.25) is 9.59 Å². The van der Waals surface area contributed by atoms with Crippen LogP contribution in [0.4, 0.5) is 4.39 Å². The standard InChI is InChI=1S/C20H22FN3O3/c1-13-2-9-19(25)23(22-13)11-20(26)24-16-6-3-14(10-16)18(24)12-27-17-7-4-15(21)5-8-17/h2,4-5,7-9,14,16,18H,3,6,10-12H2,1H3/t14-,16-,18-/m0/s1. The molecule has 1 amide bonds. The molecule has 2 fully saturated rings. The Bertz CT molecular complexity index is 896. The van der Waals surface area contributed by atoms with E-state index < -0.39 is 0 Å². The number of halogens is 1. The highest BCUT2D eigenvalue weighted by atomic mass is 19.1. The van der Waals surface area contributed by atoms with Crippen molar-refractivity contribution in [2.45, 2.75) is 44.8 Å². The predicted molar refractivity (Wildman–Crippen MR) is 96.9 cm³/mol. The molecule has 0 radical (unpaired) electrons. The molecule has 2 aliphatic rings. The zero-order chi connectivity index (χ0) is 19.0. The number of likely N-dealkylation sites (tertiary alicyclic amines) is 1. The Morgan fingerprint density at radius 2 is 2.00 bits per heavy atom. The van der Waals surface area contributed by atoms with Crippen LogP contribution in [0.5, 0.6) is 5.75 Å². The summed E-state index contributed by atoms with van der Waals surface area (Å²) < 4.78 is 20.1. The average Bonchev–Trinajstić information content (AvgIpc) is 3.25. The summed E-state index contributed by atoms with van der Waals surface area (Å²) in [6, 6.07) is 9.13. The lowest BCUT2D eigenvalue weighted by molar-refractivity contribution is -0.137. The molecule has 0 N–H and O–H groups in total. The maximum Gasteiger partial charge on any atom is 0.267 e. The second kappa shape index (κ2) is 7.13. The summed E-state index contributed by atoms with van der Waals surface area (Å²) in [5.41, 5.74) is 0.416. The van der Waals surface area contributed by atoms with E-state index >= 15 is 0 Å². The van der Waals surface area contributed by atoms with E-state index in [-0.39, 0.29) is 35.9 Å². The monoisotopic (exact) mass is 371 g/mol. The van der Waals surface area contributed by atoms with E-state index in [9.17, 15) is 14.0 Å². The Balaban J connectivity index is 1.47. The van der Waals surface area contributed by atoms with Gasteiger partial charge in [-0.15, -0.1) is 0 Å². The fourth-order valence-electron chi connectivity index (χ4n) is 4.28. The van der Waals surface area contributed by atoms with E-state index in [1.54, 1.807) is 25.1 Å². The maximum atomic E-state index is 13.0. The van der Waals surface area contributed by atoms with Crippen LogP contribution in [0.15, 0.2) is 41.2 Å². The van der Waals surface area contributed by atoms with Crippen molar-refractivity contribution < 1.29 is 13.9 Å². The quantitative estimate of drug-likeness (QED) is 0.808. The molecular formula is C20H22FN3O3. The Morgan fingerprint density at radius 1 is 1.22 bits per heavy atom. The fourth-order valence-corrected chi connectivity index (χ4v) is 4.28. The van der Waals surface area contributed by atoms with Crippen LogP contribution in [0, 0.1) is 18.7 Å². The van der Waals surface area contributed by atoms with Gasteiger partial charge in [0.2, 0.25) is 5.91 Å². The lowest BCUT2D eigenvalue weighted by Crippen LogP contribution is -2.49. The van der Waals surface area contributed by atoms with E-state index in [1.807, 2.05) is 4.90 Å². The third-order valence-corrected chi connectivity index (χ3v) is 5.55. The van der Waals surface area contributed by atoms with Gasteiger partial charge in [-0.2, -0.15) is 5.10 Å². The van der Waals surface area contributed by atoms with Gasteiger partial charge in [-0.05, 0) is 62.4 Å². The zero-order valence-electron chi connectivity index (χ0n) is 15.2. The SMILES string of the molecule is Cc1ccc(=O)n(CC(=O)N2[C@H]3CC[C@@H](C3)[C@@H]2COc2ccc(F)cc2)n1. The van der Waals surface area contributed by atoms with Crippen molar-refractivity contribution in [1.82, 2.24) is 14.7 Å². The van der Waals surface area contributed by atoms with Gasteiger partial charge in [-0.25, -0.2) is 9.07 Å². The largest absolute Gasteiger partial charge is 0.491 e. The first kappa shape index (κ1) is 17.7. The number of hydrogen-bond donors (Lipinski definition) is 0. The van der Waals surface area contributed by atoms with Crippen LogP contribution < -0.4 is 10.3 Å². The molecule has 0 spiro atoms. The van der Waals surface area contributed by atoms with Crippen molar-refractivity contribution in [3.05, 3.63) is 58.3 Å². The maximum absolute atomic E-state index is 13.0. The molecule has 2 aromatic rings. The number of aryl methyl sites for hydroxylation is 1. The second-order valence-corrected chi connectivity index (χ2v) is 7.33. The minimum atomic E-state index is -0.310. The summed E-state index contributed by atoms with van der Waals surface area (Å²) >= 11 is 0.